The third-order valence-electron chi connectivity index (χ3n) is 4.07. The summed E-state index contributed by atoms with van der Waals surface area (Å²) in [5.74, 6) is -1.59. The summed E-state index contributed by atoms with van der Waals surface area (Å²) in [6.45, 7) is 6.00. The van der Waals surface area contributed by atoms with Crippen LogP contribution in [0.25, 0.3) is 0 Å². The highest BCUT2D eigenvalue weighted by molar-refractivity contribution is 5.78. The van der Waals surface area contributed by atoms with Crippen LogP contribution in [0.1, 0.15) is 25.5 Å². The number of benzene rings is 1. The van der Waals surface area contributed by atoms with Crippen LogP contribution in [-0.2, 0) is 9.53 Å². The molecule has 1 aliphatic heterocycles. The summed E-state index contributed by atoms with van der Waals surface area (Å²) in [5, 5.41) is 2.71. The predicted molar refractivity (Wildman–Crippen MR) is 88.0 cm³/mol. The lowest BCUT2D eigenvalue weighted by Gasteiger charge is -2.33. The van der Waals surface area contributed by atoms with E-state index in [-0.39, 0.29) is 24.1 Å². The van der Waals surface area contributed by atoms with Gasteiger partial charge in [-0.25, -0.2) is 13.6 Å². The number of nitrogens with zero attached hydrogens (tertiary/aromatic N) is 2. The van der Waals surface area contributed by atoms with Crippen LogP contribution in [0.15, 0.2) is 18.2 Å². The molecule has 1 atom stereocenters. The zero-order valence-electron chi connectivity index (χ0n) is 14.4. The normalized spacial score (nSPS) is 16.4. The van der Waals surface area contributed by atoms with E-state index in [4.69, 9.17) is 4.74 Å². The Morgan fingerprint density at radius 3 is 2.52 bits per heavy atom. The SMILES string of the molecule is CCOC(=O)N1CCN(CC(=O)N[C@H](C)c2ccc(F)cc2F)CC1. The first kappa shape index (κ1) is 19.1. The maximum absolute atomic E-state index is 13.7. The number of piperazine rings is 1. The minimum Gasteiger partial charge on any atom is -0.450 e. The number of nitrogens with one attached hydrogen (secondary N) is 1. The molecule has 0 unspecified atom stereocenters. The number of halogens is 2. The highest BCUT2D eigenvalue weighted by Gasteiger charge is 2.23. The zero-order valence-corrected chi connectivity index (χ0v) is 14.4. The molecule has 1 heterocycles. The van der Waals surface area contributed by atoms with Gasteiger partial charge in [0.05, 0.1) is 19.2 Å². The average Bonchev–Trinajstić information content (AvgIpc) is 2.55. The molecule has 25 heavy (non-hydrogen) atoms. The zero-order chi connectivity index (χ0) is 18.4. The summed E-state index contributed by atoms with van der Waals surface area (Å²) in [6.07, 6.45) is -0.341. The lowest BCUT2D eigenvalue weighted by atomic mass is 10.1. The van der Waals surface area contributed by atoms with E-state index in [1.807, 2.05) is 4.90 Å². The molecular weight excluding hydrogens is 332 g/mol. The molecule has 0 saturated carbocycles. The smallest absolute Gasteiger partial charge is 0.409 e. The standard InChI is InChI=1S/C17H23F2N3O3/c1-3-25-17(24)22-8-6-21(7-9-22)11-16(23)20-12(2)14-5-4-13(18)10-15(14)19/h4-5,10,12H,3,6-9,11H2,1-2H3,(H,20,23)/t12-/m1/s1. The van der Waals surface area contributed by atoms with Gasteiger partial charge in [0.1, 0.15) is 11.6 Å². The van der Waals surface area contributed by atoms with Gasteiger partial charge in [-0.2, -0.15) is 0 Å². The maximum atomic E-state index is 13.7. The van der Waals surface area contributed by atoms with Crippen molar-refractivity contribution < 1.29 is 23.1 Å². The van der Waals surface area contributed by atoms with Crippen LogP contribution >= 0.6 is 0 Å². The molecule has 138 valence electrons. The minimum atomic E-state index is -0.684. The fourth-order valence-corrected chi connectivity index (χ4v) is 2.72. The molecule has 8 heteroatoms. The van der Waals surface area contributed by atoms with E-state index >= 15 is 0 Å². The Hall–Kier alpha value is -2.22. The van der Waals surface area contributed by atoms with E-state index in [0.29, 0.717) is 32.8 Å². The Labute approximate surface area is 145 Å². The molecule has 0 aliphatic carbocycles. The second kappa shape index (κ2) is 8.75. The molecule has 1 saturated heterocycles. The van der Waals surface area contributed by atoms with Gasteiger partial charge in [-0.3, -0.25) is 9.69 Å². The molecule has 0 bridgehead atoms. The van der Waals surface area contributed by atoms with Crippen molar-refractivity contribution in [2.24, 2.45) is 0 Å². The molecule has 1 aliphatic rings. The first-order valence-electron chi connectivity index (χ1n) is 8.29. The van der Waals surface area contributed by atoms with E-state index in [2.05, 4.69) is 5.32 Å². The van der Waals surface area contributed by atoms with Gasteiger partial charge >= 0.3 is 6.09 Å². The molecule has 0 spiro atoms. The lowest BCUT2D eigenvalue weighted by Crippen LogP contribution is -2.51. The Balaban J connectivity index is 1.80. The minimum absolute atomic E-state index is 0.157. The van der Waals surface area contributed by atoms with Gasteiger partial charge in [0, 0.05) is 37.8 Å². The quantitative estimate of drug-likeness (QED) is 0.877. The van der Waals surface area contributed by atoms with Gasteiger partial charge < -0.3 is 15.0 Å². The fourth-order valence-electron chi connectivity index (χ4n) is 2.72. The molecule has 1 aromatic carbocycles. The summed E-state index contributed by atoms with van der Waals surface area (Å²) in [6, 6.07) is 2.73. The summed E-state index contributed by atoms with van der Waals surface area (Å²) in [7, 11) is 0. The Kier molecular flexibility index (Phi) is 6.69. The number of ether oxygens (including phenoxy) is 1. The average molecular weight is 355 g/mol. The van der Waals surface area contributed by atoms with Crippen molar-refractivity contribution >= 4 is 12.0 Å². The van der Waals surface area contributed by atoms with Gasteiger partial charge in [-0.1, -0.05) is 6.07 Å². The van der Waals surface area contributed by atoms with Gasteiger partial charge in [0.15, 0.2) is 0 Å². The van der Waals surface area contributed by atoms with Crippen molar-refractivity contribution in [1.29, 1.82) is 0 Å². The number of amides is 2. The Morgan fingerprint density at radius 1 is 1.24 bits per heavy atom. The second-order valence-corrected chi connectivity index (χ2v) is 5.92. The number of rotatable bonds is 5. The van der Waals surface area contributed by atoms with E-state index in [1.165, 1.54) is 6.07 Å². The lowest BCUT2D eigenvalue weighted by molar-refractivity contribution is -0.123. The van der Waals surface area contributed by atoms with Crippen molar-refractivity contribution in [3.8, 4) is 0 Å². The second-order valence-electron chi connectivity index (χ2n) is 5.92. The molecule has 6 nitrogen and oxygen atoms in total. The first-order valence-corrected chi connectivity index (χ1v) is 8.29. The fraction of sp³-hybridized carbons (Fsp3) is 0.529. The summed E-state index contributed by atoms with van der Waals surface area (Å²) >= 11 is 0. The molecule has 0 radical (unpaired) electrons. The highest BCUT2D eigenvalue weighted by Crippen LogP contribution is 2.17. The maximum Gasteiger partial charge on any atom is 0.409 e. The van der Waals surface area contributed by atoms with Gasteiger partial charge in [-0.05, 0) is 19.9 Å². The molecule has 1 aromatic rings. The van der Waals surface area contributed by atoms with E-state index < -0.39 is 17.7 Å². The van der Waals surface area contributed by atoms with Gasteiger partial charge in [-0.15, -0.1) is 0 Å². The van der Waals surface area contributed by atoms with Crippen LogP contribution in [-0.4, -0.2) is 61.1 Å². The van der Waals surface area contributed by atoms with E-state index in [9.17, 15) is 18.4 Å². The summed E-state index contributed by atoms with van der Waals surface area (Å²) in [4.78, 5) is 27.3. The Morgan fingerprint density at radius 2 is 1.92 bits per heavy atom. The van der Waals surface area contributed by atoms with Crippen LogP contribution in [0.5, 0.6) is 0 Å². The van der Waals surface area contributed by atoms with Crippen molar-refractivity contribution in [1.82, 2.24) is 15.1 Å². The first-order chi connectivity index (χ1) is 11.9. The number of hydrogen-bond acceptors (Lipinski definition) is 4. The van der Waals surface area contributed by atoms with Gasteiger partial charge in [0.2, 0.25) is 5.91 Å². The monoisotopic (exact) mass is 355 g/mol. The van der Waals surface area contributed by atoms with Crippen LogP contribution in [0.4, 0.5) is 13.6 Å². The van der Waals surface area contributed by atoms with Crippen LogP contribution in [0, 0.1) is 11.6 Å². The molecule has 0 aromatic heterocycles. The number of carbonyl (C=O) groups excluding carboxylic acids is 2. The van der Waals surface area contributed by atoms with Gasteiger partial charge in [0.25, 0.3) is 0 Å². The largest absolute Gasteiger partial charge is 0.450 e. The van der Waals surface area contributed by atoms with Crippen molar-refractivity contribution in [3.63, 3.8) is 0 Å². The topological polar surface area (TPSA) is 61.9 Å². The summed E-state index contributed by atoms with van der Waals surface area (Å²) in [5.41, 5.74) is 0.238. The molecule has 1 N–H and O–H groups in total. The number of hydrogen-bond donors (Lipinski definition) is 1. The van der Waals surface area contributed by atoms with Crippen LogP contribution in [0.2, 0.25) is 0 Å². The van der Waals surface area contributed by atoms with E-state index in [0.717, 1.165) is 12.1 Å². The van der Waals surface area contributed by atoms with E-state index in [1.54, 1.807) is 18.7 Å². The molecular formula is C17H23F2N3O3. The van der Waals surface area contributed by atoms with Crippen LogP contribution in [0.3, 0.4) is 0 Å². The third-order valence-corrected chi connectivity index (χ3v) is 4.07. The Bertz CT molecular complexity index is 619. The molecule has 2 amide bonds. The van der Waals surface area contributed by atoms with Crippen LogP contribution < -0.4 is 5.32 Å². The van der Waals surface area contributed by atoms with Crippen molar-refractivity contribution in [2.75, 3.05) is 39.3 Å². The van der Waals surface area contributed by atoms with Crippen molar-refractivity contribution in [2.45, 2.75) is 19.9 Å². The predicted octanol–water partition coefficient (Wildman–Crippen LogP) is 1.92. The molecule has 1 fully saturated rings. The highest BCUT2D eigenvalue weighted by atomic mass is 19.1. The number of carbonyl (C=O) groups is 2. The molecule has 2 rings (SSSR count). The van der Waals surface area contributed by atoms with Crippen molar-refractivity contribution in [3.05, 3.63) is 35.4 Å². The third kappa shape index (κ3) is 5.38. The summed E-state index contributed by atoms with van der Waals surface area (Å²) < 4.78 is 31.6.